The molecule has 1 aromatic carbocycles. The van der Waals surface area contributed by atoms with Crippen molar-refractivity contribution in [3.05, 3.63) is 65.3 Å². The first-order valence-electron chi connectivity index (χ1n) is 13.2. The zero-order valence-corrected chi connectivity index (χ0v) is 21.7. The third-order valence-corrected chi connectivity index (χ3v) is 8.91. The molecule has 1 aromatic rings. The van der Waals surface area contributed by atoms with Gasteiger partial charge in [-0.05, 0) is 85.6 Å². The maximum absolute atomic E-state index is 12.3. The number of hydrogen-bond donors (Lipinski definition) is 1. The fraction of sp³-hybridized carbons (Fsp3) is 0.517. The molecular weight excluding hydrogens is 456 g/mol. The van der Waals surface area contributed by atoms with Crippen molar-refractivity contribution in [1.82, 2.24) is 5.32 Å². The van der Waals surface area contributed by atoms with Gasteiger partial charge in [0.25, 0.3) is 0 Å². The summed E-state index contributed by atoms with van der Waals surface area (Å²) in [4.78, 5) is 17.0. The molecular formula is C29H38N2O3S. The van der Waals surface area contributed by atoms with Crippen LogP contribution in [0.15, 0.2) is 59.1 Å². The smallest absolute Gasteiger partial charge is 0.228 e. The largest absolute Gasteiger partial charge is 0.311 e. The third-order valence-electron chi connectivity index (χ3n) is 6.97. The number of sulfone groups is 1. The molecule has 1 unspecified atom stereocenters. The van der Waals surface area contributed by atoms with Gasteiger partial charge in [0.1, 0.15) is 15.7 Å². The molecule has 3 aliphatic rings. The zero-order valence-electron chi connectivity index (χ0n) is 20.8. The molecule has 0 aromatic heterocycles. The second kappa shape index (κ2) is 12.0. The van der Waals surface area contributed by atoms with Crippen LogP contribution in [0.4, 0.5) is 0 Å². The summed E-state index contributed by atoms with van der Waals surface area (Å²) in [6.45, 7) is 2.64. The quantitative estimate of drug-likeness (QED) is 0.440. The van der Waals surface area contributed by atoms with Gasteiger partial charge in [-0.25, -0.2) is 8.42 Å². The molecule has 2 bridgehead atoms. The molecule has 1 amide bonds. The molecule has 6 heteroatoms. The number of nitrogens with one attached hydrogen (secondary N) is 1. The van der Waals surface area contributed by atoms with Crippen LogP contribution in [0.2, 0.25) is 0 Å². The Bertz CT molecular complexity index is 1120. The highest BCUT2D eigenvalue weighted by atomic mass is 32.2. The summed E-state index contributed by atoms with van der Waals surface area (Å²) in [6.07, 6.45) is 16.9. The fourth-order valence-corrected chi connectivity index (χ4v) is 6.27. The Morgan fingerprint density at radius 1 is 1.06 bits per heavy atom. The lowest BCUT2D eigenvalue weighted by molar-refractivity contribution is -0.120. The fourth-order valence-electron chi connectivity index (χ4n) is 4.80. The van der Waals surface area contributed by atoms with Gasteiger partial charge in [-0.3, -0.25) is 9.79 Å². The molecule has 1 aliphatic heterocycles. The highest BCUT2D eigenvalue weighted by Gasteiger charge is 2.30. The predicted octanol–water partition coefficient (Wildman–Crippen LogP) is 5.44. The number of aryl methyl sites for hydroxylation is 1. The number of allylic oxidation sites excluding steroid dienone is 5. The molecule has 4 rings (SSSR count). The summed E-state index contributed by atoms with van der Waals surface area (Å²) < 4.78 is 23.7. The minimum absolute atomic E-state index is 0.0994. The number of benzene rings is 1. The van der Waals surface area contributed by atoms with E-state index in [4.69, 9.17) is 0 Å². The van der Waals surface area contributed by atoms with Crippen molar-refractivity contribution in [2.45, 2.75) is 64.7 Å². The number of nitrogens with zero attached hydrogens (tertiary/aromatic N) is 1. The van der Waals surface area contributed by atoms with Crippen molar-refractivity contribution in [1.29, 1.82) is 0 Å². The number of carbonyl (C=O) groups excluding carboxylic acids is 1. The van der Waals surface area contributed by atoms with Gasteiger partial charge in [0.15, 0.2) is 0 Å². The minimum atomic E-state index is -2.87. The van der Waals surface area contributed by atoms with Crippen LogP contribution in [0.1, 0.15) is 69.4 Å². The van der Waals surface area contributed by atoms with Gasteiger partial charge in [0, 0.05) is 18.2 Å². The molecule has 188 valence electrons. The summed E-state index contributed by atoms with van der Waals surface area (Å²) in [5, 5.41) is 3.05. The van der Waals surface area contributed by atoms with E-state index in [0.29, 0.717) is 29.7 Å². The first kappa shape index (κ1) is 25.6. The van der Waals surface area contributed by atoms with E-state index < -0.39 is 9.84 Å². The molecule has 1 atom stereocenters. The highest BCUT2D eigenvalue weighted by Crippen LogP contribution is 2.34. The molecule has 1 heterocycles. The van der Waals surface area contributed by atoms with Crippen LogP contribution in [-0.2, 0) is 21.1 Å². The van der Waals surface area contributed by atoms with E-state index in [0.717, 1.165) is 57.9 Å². The number of amidine groups is 1. The number of amides is 1. The minimum Gasteiger partial charge on any atom is -0.311 e. The van der Waals surface area contributed by atoms with Gasteiger partial charge in [-0.15, -0.1) is 0 Å². The van der Waals surface area contributed by atoms with Gasteiger partial charge in [-0.2, -0.15) is 0 Å². The van der Waals surface area contributed by atoms with Crippen LogP contribution >= 0.6 is 0 Å². The van der Waals surface area contributed by atoms with Crippen molar-refractivity contribution < 1.29 is 13.2 Å². The SMILES string of the molecule is CCCS(=O)(=O)CCCCCc1ccc(C2=CC=CC3CCN=C(NC(=O)C4CC4)C=C2C3)cc1. The summed E-state index contributed by atoms with van der Waals surface area (Å²) in [7, 11) is -2.87. The van der Waals surface area contributed by atoms with Crippen LogP contribution in [-0.4, -0.2) is 38.2 Å². The van der Waals surface area contributed by atoms with Gasteiger partial charge in [0.05, 0.1) is 5.75 Å². The predicted molar refractivity (Wildman–Crippen MR) is 144 cm³/mol. The summed E-state index contributed by atoms with van der Waals surface area (Å²) >= 11 is 0. The summed E-state index contributed by atoms with van der Waals surface area (Å²) in [5.41, 5.74) is 4.85. The first-order chi connectivity index (χ1) is 16.9. The maximum atomic E-state index is 12.3. The van der Waals surface area contributed by atoms with Crippen molar-refractivity contribution in [2.24, 2.45) is 16.8 Å². The number of carbonyl (C=O) groups is 1. The Labute approximate surface area is 210 Å². The molecule has 0 radical (unpaired) electrons. The van der Waals surface area contributed by atoms with E-state index >= 15 is 0 Å². The molecule has 5 nitrogen and oxygen atoms in total. The molecule has 1 N–H and O–H groups in total. The van der Waals surface area contributed by atoms with Crippen molar-refractivity contribution in [3.8, 4) is 0 Å². The number of rotatable bonds is 10. The average molecular weight is 495 g/mol. The average Bonchev–Trinajstić information content (AvgIpc) is 3.66. The lowest BCUT2D eigenvalue weighted by atomic mass is 9.89. The Balaban J connectivity index is 1.38. The maximum Gasteiger partial charge on any atom is 0.228 e. The second-order valence-electron chi connectivity index (χ2n) is 10.1. The van der Waals surface area contributed by atoms with Gasteiger partial charge in [-0.1, -0.05) is 55.8 Å². The van der Waals surface area contributed by atoms with Gasteiger partial charge < -0.3 is 5.32 Å². The molecule has 0 saturated heterocycles. The lowest BCUT2D eigenvalue weighted by Gasteiger charge is -2.19. The monoisotopic (exact) mass is 494 g/mol. The van der Waals surface area contributed by atoms with Crippen molar-refractivity contribution in [2.75, 3.05) is 18.1 Å². The van der Waals surface area contributed by atoms with Crippen molar-refractivity contribution >= 4 is 27.2 Å². The Kier molecular flexibility index (Phi) is 8.77. The standard InChI is InChI=1S/C29H38N2O3S/c1-2-18-35(33,34)19-5-3-4-7-22-10-12-24(13-11-22)27-9-6-8-23-16-17-30-28(21-26(27)20-23)31-29(32)25-14-15-25/h6,8-13,21,23,25H,2-5,7,14-20H2,1H3,(H,30,31,32). The lowest BCUT2D eigenvalue weighted by Crippen LogP contribution is -2.31. The van der Waals surface area contributed by atoms with E-state index in [-0.39, 0.29) is 11.8 Å². The first-order valence-corrected chi connectivity index (χ1v) is 15.0. The van der Waals surface area contributed by atoms with Crippen LogP contribution < -0.4 is 5.32 Å². The van der Waals surface area contributed by atoms with E-state index in [1.807, 2.05) is 6.92 Å². The normalized spacial score (nSPS) is 20.1. The summed E-state index contributed by atoms with van der Waals surface area (Å²) in [5.74, 6) is 2.03. The van der Waals surface area contributed by atoms with E-state index in [2.05, 4.69) is 58.9 Å². The number of aliphatic imine (C=N–C) groups is 1. The van der Waals surface area contributed by atoms with E-state index in [1.165, 1.54) is 22.3 Å². The Morgan fingerprint density at radius 2 is 1.86 bits per heavy atom. The summed E-state index contributed by atoms with van der Waals surface area (Å²) in [6, 6.07) is 8.73. The third kappa shape index (κ3) is 7.76. The molecule has 35 heavy (non-hydrogen) atoms. The topological polar surface area (TPSA) is 75.6 Å². The van der Waals surface area contributed by atoms with Crippen LogP contribution in [0, 0.1) is 11.8 Å². The van der Waals surface area contributed by atoms with Crippen LogP contribution in [0.5, 0.6) is 0 Å². The van der Waals surface area contributed by atoms with Gasteiger partial charge in [0.2, 0.25) is 5.91 Å². The molecule has 1 fully saturated rings. The van der Waals surface area contributed by atoms with Crippen LogP contribution in [0.3, 0.4) is 0 Å². The van der Waals surface area contributed by atoms with E-state index in [1.54, 1.807) is 0 Å². The number of unbranched alkanes of at least 4 members (excludes halogenated alkanes) is 2. The zero-order chi connectivity index (χ0) is 24.7. The van der Waals surface area contributed by atoms with Gasteiger partial charge >= 0.3 is 0 Å². The number of fused-ring (bicyclic) bond motifs is 2. The number of hydrogen-bond acceptors (Lipinski definition) is 4. The highest BCUT2D eigenvalue weighted by molar-refractivity contribution is 7.91. The van der Waals surface area contributed by atoms with Crippen LogP contribution in [0.25, 0.3) is 5.57 Å². The second-order valence-corrected chi connectivity index (χ2v) is 12.4. The Morgan fingerprint density at radius 3 is 2.60 bits per heavy atom. The molecule has 1 saturated carbocycles. The van der Waals surface area contributed by atoms with E-state index in [9.17, 15) is 13.2 Å². The van der Waals surface area contributed by atoms with Crippen molar-refractivity contribution in [3.63, 3.8) is 0 Å². The molecule has 2 aliphatic carbocycles. The Hall–Kier alpha value is -2.47. The molecule has 0 spiro atoms.